The largest absolute Gasteiger partial charge is 0.464 e. The molecule has 1 atom stereocenters. The average molecular weight is 391 g/mol. The number of hydrogen-bond acceptors (Lipinski definition) is 4. The van der Waals surface area contributed by atoms with E-state index in [4.69, 9.17) is 4.42 Å². The third-order valence-corrected chi connectivity index (χ3v) is 7.31. The predicted molar refractivity (Wildman–Crippen MR) is 110 cm³/mol. The number of carbonyl (C=O) groups is 1. The highest BCUT2D eigenvalue weighted by Crippen LogP contribution is 2.23. The van der Waals surface area contributed by atoms with Crippen LogP contribution in [-0.2, 0) is 21.1 Å². The van der Waals surface area contributed by atoms with E-state index in [9.17, 15) is 13.2 Å². The molecule has 0 spiro atoms. The van der Waals surface area contributed by atoms with Crippen LogP contribution in [0.15, 0.2) is 41.0 Å². The second-order valence-electron chi connectivity index (χ2n) is 7.68. The van der Waals surface area contributed by atoms with E-state index in [1.54, 1.807) is 20.1 Å². The van der Waals surface area contributed by atoms with Crippen molar-refractivity contribution in [1.82, 2.24) is 0 Å². The Kier molecular flexibility index (Phi) is 7.42. The van der Waals surface area contributed by atoms with E-state index in [1.165, 1.54) is 0 Å². The lowest BCUT2D eigenvalue weighted by Gasteiger charge is -2.13. The van der Waals surface area contributed by atoms with Gasteiger partial charge in [0.25, 0.3) is 0 Å². The normalized spacial score (nSPS) is 13.1. The van der Waals surface area contributed by atoms with E-state index < -0.39 is 9.84 Å². The first-order valence-electron chi connectivity index (χ1n) is 9.55. The van der Waals surface area contributed by atoms with Gasteiger partial charge in [0.05, 0.1) is 17.3 Å². The van der Waals surface area contributed by atoms with Gasteiger partial charge < -0.3 is 4.42 Å². The van der Waals surface area contributed by atoms with Crippen molar-refractivity contribution in [2.45, 2.75) is 58.6 Å². The number of furan rings is 1. The third kappa shape index (κ3) is 6.35. The van der Waals surface area contributed by atoms with Gasteiger partial charge in [0, 0.05) is 18.4 Å². The van der Waals surface area contributed by atoms with Crippen molar-refractivity contribution in [3.8, 4) is 11.3 Å². The lowest BCUT2D eigenvalue weighted by molar-refractivity contribution is -0.118. The maximum Gasteiger partial charge on any atom is 0.152 e. The van der Waals surface area contributed by atoms with E-state index in [1.807, 2.05) is 44.2 Å². The first kappa shape index (κ1) is 21.4. The summed E-state index contributed by atoms with van der Waals surface area (Å²) < 4.78 is 29.2. The number of ketones is 1. The van der Waals surface area contributed by atoms with Crippen LogP contribution in [0.4, 0.5) is 0 Å². The summed E-state index contributed by atoms with van der Waals surface area (Å²) in [7, 11) is -3.00. The molecule has 27 heavy (non-hydrogen) atoms. The molecule has 1 heterocycles. The smallest absolute Gasteiger partial charge is 0.152 e. The Labute approximate surface area is 162 Å². The number of Topliss-reactive ketones (excluding diaryl/α,β-unsaturated/α-hetero) is 1. The van der Waals surface area contributed by atoms with Crippen LogP contribution in [0.1, 0.15) is 51.2 Å². The Morgan fingerprint density at radius 3 is 2.44 bits per heavy atom. The number of rotatable bonds is 10. The van der Waals surface area contributed by atoms with Crippen molar-refractivity contribution >= 4 is 15.6 Å². The lowest BCUT2D eigenvalue weighted by Crippen LogP contribution is -2.19. The van der Waals surface area contributed by atoms with E-state index in [2.05, 4.69) is 0 Å². The highest BCUT2D eigenvalue weighted by molar-refractivity contribution is 7.91. The van der Waals surface area contributed by atoms with Gasteiger partial charge in [-0.25, -0.2) is 8.42 Å². The number of aryl methyl sites for hydroxylation is 1. The van der Waals surface area contributed by atoms with Crippen LogP contribution < -0.4 is 0 Å². The fourth-order valence-electron chi connectivity index (χ4n) is 2.94. The molecule has 0 saturated carbocycles. The Morgan fingerprint density at radius 1 is 1.11 bits per heavy atom. The van der Waals surface area contributed by atoms with Gasteiger partial charge in [-0.1, -0.05) is 19.1 Å². The molecule has 4 nitrogen and oxygen atoms in total. The second-order valence-corrected chi connectivity index (χ2v) is 10.4. The topological polar surface area (TPSA) is 64.3 Å². The summed E-state index contributed by atoms with van der Waals surface area (Å²) >= 11 is 0. The molecular formula is C22H30O4S. The molecule has 0 aliphatic carbocycles. The minimum Gasteiger partial charge on any atom is -0.464 e. The van der Waals surface area contributed by atoms with Crippen LogP contribution in [-0.4, -0.2) is 25.2 Å². The van der Waals surface area contributed by atoms with Crippen molar-refractivity contribution in [1.29, 1.82) is 0 Å². The summed E-state index contributed by atoms with van der Waals surface area (Å²) in [6.07, 6.45) is 3.90. The van der Waals surface area contributed by atoms with E-state index >= 15 is 0 Å². The number of benzene rings is 1. The summed E-state index contributed by atoms with van der Waals surface area (Å²) in [5, 5.41) is -0.335. The fraction of sp³-hybridized carbons (Fsp3) is 0.500. The maximum absolute atomic E-state index is 12.4. The molecule has 0 amide bonds. The zero-order valence-electron chi connectivity index (χ0n) is 16.7. The van der Waals surface area contributed by atoms with Crippen LogP contribution in [0, 0.1) is 12.8 Å². The number of carbonyl (C=O) groups excluding carboxylic acids is 1. The van der Waals surface area contributed by atoms with Crippen molar-refractivity contribution in [2.24, 2.45) is 5.92 Å². The van der Waals surface area contributed by atoms with E-state index in [-0.39, 0.29) is 22.7 Å². The minimum absolute atomic E-state index is 0.197. The molecule has 5 heteroatoms. The van der Waals surface area contributed by atoms with Gasteiger partial charge in [0.2, 0.25) is 0 Å². The van der Waals surface area contributed by atoms with Gasteiger partial charge in [-0.15, -0.1) is 0 Å². The molecular weight excluding hydrogens is 360 g/mol. The Morgan fingerprint density at radius 2 is 1.85 bits per heavy atom. The molecule has 0 bridgehead atoms. The third-order valence-electron chi connectivity index (χ3n) is 5.07. The van der Waals surface area contributed by atoms with E-state index in [0.29, 0.717) is 19.3 Å². The molecule has 0 saturated heterocycles. The van der Waals surface area contributed by atoms with Crippen LogP contribution in [0.3, 0.4) is 0 Å². The highest BCUT2D eigenvalue weighted by Gasteiger charge is 2.18. The number of hydrogen-bond donors (Lipinski definition) is 0. The second kappa shape index (κ2) is 9.36. The molecule has 1 aromatic heterocycles. The van der Waals surface area contributed by atoms with Gasteiger partial charge in [-0.2, -0.15) is 0 Å². The first-order valence-corrected chi connectivity index (χ1v) is 11.3. The molecule has 0 N–H and O–H groups in total. The quantitative estimate of drug-likeness (QED) is 0.573. The van der Waals surface area contributed by atoms with Crippen molar-refractivity contribution in [3.63, 3.8) is 0 Å². The van der Waals surface area contributed by atoms with E-state index in [0.717, 1.165) is 28.9 Å². The van der Waals surface area contributed by atoms with Crippen molar-refractivity contribution in [3.05, 3.63) is 47.7 Å². The standard InChI is InChI=1S/C22H30O4S/c1-16(2)27(24,25)13-11-17(3)7-10-21(23)15-19-8-9-20(14-18(19)4)22-6-5-12-26-22/h5-6,8-9,12,14,16-17H,7,10-11,13,15H2,1-4H3. The average Bonchev–Trinajstić information content (AvgIpc) is 3.14. The SMILES string of the molecule is Cc1cc(-c2ccco2)ccc1CC(=O)CCC(C)CCS(=O)(=O)C(C)C. The molecule has 0 aliphatic heterocycles. The molecule has 1 aromatic carbocycles. The summed E-state index contributed by atoms with van der Waals surface area (Å²) in [4.78, 5) is 12.4. The molecule has 1 unspecified atom stereocenters. The van der Waals surface area contributed by atoms with Crippen LogP contribution >= 0.6 is 0 Å². The molecule has 148 valence electrons. The van der Waals surface area contributed by atoms with Crippen molar-refractivity contribution < 1.29 is 17.6 Å². The predicted octanol–water partition coefficient (Wildman–Crippen LogP) is 5.00. The van der Waals surface area contributed by atoms with Crippen LogP contribution in [0.5, 0.6) is 0 Å². The van der Waals surface area contributed by atoms with Crippen molar-refractivity contribution in [2.75, 3.05) is 5.75 Å². The summed E-state index contributed by atoms with van der Waals surface area (Å²) in [5.41, 5.74) is 3.12. The zero-order valence-corrected chi connectivity index (χ0v) is 17.5. The molecule has 0 fully saturated rings. The Bertz CT molecular complexity index is 848. The lowest BCUT2D eigenvalue weighted by atomic mass is 9.95. The minimum atomic E-state index is -3.00. The monoisotopic (exact) mass is 390 g/mol. The Hall–Kier alpha value is -1.88. The molecule has 2 aromatic rings. The van der Waals surface area contributed by atoms with Gasteiger partial charge in [-0.3, -0.25) is 4.79 Å². The summed E-state index contributed by atoms with van der Waals surface area (Å²) in [6.45, 7) is 7.45. The maximum atomic E-state index is 12.4. The van der Waals surface area contributed by atoms with Gasteiger partial charge in [0.15, 0.2) is 9.84 Å². The first-order chi connectivity index (χ1) is 12.7. The molecule has 0 aliphatic rings. The summed E-state index contributed by atoms with van der Waals surface area (Å²) in [5.74, 6) is 1.45. The number of sulfone groups is 1. The summed E-state index contributed by atoms with van der Waals surface area (Å²) in [6, 6.07) is 9.79. The zero-order chi connectivity index (χ0) is 20.0. The molecule has 0 radical (unpaired) electrons. The van der Waals surface area contributed by atoms with Gasteiger partial charge in [-0.05, 0) is 68.9 Å². The van der Waals surface area contributed by atoms with Crippen LogP contribution in [0.2, 0.25) is 0 Å². The fourth-order valence-corrected chi connectivity index (χ4v) is 4.15. The van der Waals surface area contributed by atoms with Crippen LogP contribution in [0.25, 0.3) is 11.3 Å². The highest BCUT2D eigenvalue weighted by atomic mass is 32.2. The Balaban J connectivity index is 1.83. The van der Waals surface area contributed by atoms with Gasteiger partial charge in [0.1, 0.15) is 11.5 Å². The molecule has 2 rings (SSSR count). The van der Waals surface area contributed by atoms with Gasteiger partial charge >= 0.3 is 0 Å².